The molecule has 2 heterocycles. The quantitative estimate of drug-likeness (QED) is 0.627. The number of anilines is 1. The van der Waals surface area contributed by atoms with E-state index in [1.54, 1.807) is 7.05 Å². The lowest BCUT2D eigenvalue weighted by Gasteiger charge is -2.36. The molecule has 4 rings (SSSR count). The van der Waals surface area contributed by atoms with Crippen LogP contribution in [0.4, 0.5) is 5.69 Å². The van der Waals surface area contributed by atoms with E-state index < -0.39 is 0 Å². The number of aryl methyl sites for hydroxylation is 1. The topological polar surface area (TPSA) is 50.9 Å². The van der Waals surface area contributed by atoms with Crippen molar-refractivity contribution >= 4 is 16.8 Å². The predicted molar refractivity (Wildman–Crippen MR) is 107 cm³/mol. The molecule has 1 aliphatic rings. The minimum atomic E-state index is -0.364. The van der Waals surface area contributed by atoms with Crippen LogP contribution in [0.25, 0.3) is 11.1 Å². The summed E-state index contributed by atoms with van der Waals surface area (Å²) in [4.78, 5) is 16.6. The molecule has 6 nitrogen and oxygen atoms in total. The summed E-state index contributed by atoms with van der Waals surface area (Å²) in [7, 11) is 1.70. The van der Waals surface area contributed by atoms with Crippen molar-refractivity contribution in [2.75, 3.05) is 44.2 Å². The molecule has 27 heavy (non-hydrogen) atoms. The van der Waals surface area contributed by atoms with Crippen molar-refractivity contribution in [3.8, 4) is 5.75 Å². The van der Waals surface area contributed by atoms with Gasteiger partial charge in [0.2, 0.25) is 0 Å². The molecular formula is C21H25N3O3. The number of benzene rings is 2. The maximum absolute atomic E-state index is 11.7. The van der Waals surface area contributed by atoms with Crippen LogP contribution in [0.2, 0.25) is 0 Å². The SMILES string of the molecule is Cn1c(=O)oc2c(OCCCN3CCN(c4ccccc4)CC3)cccc21. The highest BCUT2D eigenvalue weighted by molar-refractivity contribution is 5.79. The molecule has 3 aromatic rings. The average molecular weight is 367 g/mol. The lowest BCUT2D eigenvalue weighted by Crippen LogP contribution is -2.46. The second kappa shape index (κ2) is 7.88. The average Bonchev–Trinajstić information content (AvgIpc) is 3.01. The zero-order valence-electron chi connectivity index (χ0n) is 15.6. The van der Waals surface area contributed by atoms with E-state index in [0.717, 1.165) is 44.7 Å². The molecule has 0 bridgehead atoms. The number of fused-ring (bicyclic) bond motifs is 1. The van der Waals surface area contributed by atoms with Gasteiger partial charge in [0.1, 0.15) is 0 Å². The molecular weight excluding hydrogens is 342 g/mol. The second-order valence-electron chi connectivity index (χ2n) is 6.90. The number of para-hydroxylation sites is 2. The van der Waals surface area contributed by atoms with E-state index >= 15 is 0 Å². The molecule has 0 saturated carbocycles. The zero-order valence-corrected chi connectivity index (χ0v) is 15.6. The molecule has 0 unspecified atom stereocenters. The monoisotopic (exact) mass is 367 g/mol. The van der Waals surface area contributed by atoms with E-state index in [9.17, 15) is 4.79 Å². The number of rotatable bonds is 6. The lowest BCUT2D eigenvalue weighted by molar-refractivity contribution is 0.224. The van der Waals surface area contributed by atoms with Crippen LogP contribution in [0.15, 0.2) is 57.7 Å². The van der Waals surface area contributed by atoms with Gasteiger partial charge in [0.25, 0.3) is 0 Å². The first-order valence-electron chi connectivity index (χ1n) is 9.46. The smallest absolute Gasteiger partial charge is 0.419 e. The number of oxazole rings is 1. The molecule has 1 saturated heterocycles. The number of ether oxygens (including phenoxy) is 1. The van der Waals surface area contributed by atoms with Crippen LogP contribution in [0.1, 0.15) is 6.42 Å². The minimum absolute atomic E-state index is 0.364. The normalized spacial score (nSPS) is 15.4. The van der Waals surface area contributed by atoms with Gasteiger partial charge < -0.3 is 14.1 Å². The second-order valence-corrected chi connectivity index (χ2v) is 6.90. The molecule has 142 valence electrons. The summed E-state index contributed by atoms with van der Waals surface area (Å²) < 4.78 is 12.7. The van der Waals surface area contributed by atoms with Gasteiger partial charge in [0, 0.05) is 45.5 Å². The highest BCUT2D eigenvalue weighted by atomic mass is 16.5. The maximum atomic E-state index is 11.7. The van der Waals surface area contributed by atoms with Gasteiger partial charge in [0.15, 0.2) is 11.3 Å². The van der Waals surface area contributed by atoms with E-state index in [0.29, 0.717) is 17.9 Å². The molecule has 0 N–H and O–H groups in total. The molecule has 0 atom stereocenters. The number of piperazine rings is 1. The maximum Gasteiger partial charge on any atom is 0.419 e. The van der Waals surface area contributed by atoms with Gasteiger partial charge in [0.05, 0.1) is 12.1 Å². The summed E-state index contributed by atoms with van der Waals surface area (Å²) in [6.45, 7) is 5.86. The van der Waals surface area contributed by atoms with Gasteiger partial charge in [-0.3, -0.25) is 9.47 Å². The van der Waals surface area contributed by atoms with Gasteiger partial charge in [-0.15, -0.1) is 0 Å². The first kappa shape index (κ1) is 17.7. The van der Waals surface area contributed by atoms with Crippen molar-refractivity contribution in [2.45, 2.75) is 6.42 Å². The van der Waals surface area contributed by atoms with Gasteiger partial charge in [-0.2, -0.15) is 0 Å². The Morgan fingerprint density at radius 2 is 1.78 bits per heavy atom. The summed E-state index contributed by atoms with van der Waals surface area (Å²) in [5.41, 5.74) is 2.59. The van der Waals surface area contributed by atoms with Crippen LogP contribution in [0, 0.1) is 0 Å². The number of aromatic nitrogens is 1. The largest absolute Gasteiger partial charge is 0.490 e. The van der Waals surface area contributed by atoms with Gasteiger partial charge in [-0.05, 0) is 30.7 Å². The van der Waals surface area contributed by atoms with Crippen LogP contribution < -0.4 is 15.4 Å². The Labute approximate surface area is 158 Å². The van der Waals surface area contributed by atoms with E-state index in [1.807, 2.05) is 18.2 Å². The van der Waals surface area contributed by atoms with Crippen LogP contribution in [0.5, 0.6) is 5.75 Å². The third kappa shape index (κ3) is 3.85. The fourth-order valence-electron chi connectivity index (χ4n) is 3.58. The van der Waals surface area contributed by atoms with Gasteiger partial charge >= 0.3 is 5.76 Å². The standard InChI is InChI=1S/C21H25N3O3/c1-22-18-9-5-10-19(20(18)27-21(22)25)26-16-6-11-23-12-14-24(15-13-23)17-7-3-2-4-8-17/h2-5,7-10H,6,11-16H2,1H3. The van der Waals surface area contributed by atoms with Crippen LogP contribution in [-0.2, 0) is 7.05 Å². The van der Waals surface area contributed by atoms with Crippen molar-refractivity contribution in [1.29, 1.82) is 0 Å². The molecule has 0 radical (unpaired) electrons. The number of hydrogen-bond donors (Lipinski definition) is 0. The summed E-state index contributed by atoms with van der Waals surface area (Å²) in [6.07, 6.45) is 0.943. The Bertz CT molecular complexity index is 940. The van der Waals surface area contributed by atoms with Crippen molar-refractivity contribution in [1.82, 2.24) is 9.47 Å². The van der Waals surface area contributed by atoms with Crippen molar-refractivity contribution in [3.05, 3.63) is 59.1 Å². The number of nitrogens with zero attached hydrogens (tertiary/aromatic N) is 3. The fraction of sp³-hybridized carbons (Fsp3) is 0.381. The highest BCUT2D eigenvalue weighted by Gasteiger charge is 2.17. The molecule has 6 heteroatoms. The van der Waals surface area contributed by atoms with Crippen molar-refractivity contribution in [2.24, 2.45) is 7.05 Å². The Balaban J connectivity index is 1.25. The number of hydrogen-bond acceptors (Lipinski definition) is 5. The van der Waals surface area contributed by atoms with E-state index in [-0.39, 0.29) is 5.76 Å². The predicted octanol–water partition coefficient (Wildman–Crippen LogP) is 2.72. The Morgan fingerprint density at radius 1 is 1.00 bits per heavy atom. The molecule has 0 amide bonds. The Kier molecular flexibility index (Phi) is 5.16. The first-order valence-corrected chi connectivity index (χ1v) is 9.46. The highest BCUT2D eigenvalue weighted by Crippen LogP contribution is 2.24. The molecule has 1 fully saturated rings. The zero-order chi connectivity index (χ0) is 18.6. The van der Waals surface area contributed by atoms with Gasteiger partial charge in [-0.25, -0.2) is 4.79 Å². The summed E-state index contributed by atoms with van der Waals surface area (Å²) in [6, 6.07) is 16.2. The summed E-state index contributed by atoms with van der Waals surface area (Å²) >= 11 is 0. The van der Waals surface area contributed by atoms with E-state index in [4.69, 9.17) is 9.15 Å². The minimum Gasteiger partial charge on any atom is -0.490 e. The Morgan fingerprint density at radius 3 is 2.56 bits per heavy atom. The molecule has 1 aliphatic heterocycles. The third-order valence-electron chi connectivity index (χ3n) is 5.15. The van der Waals surface area contributed by atoms with Crippen LogP contribution in [0.3, 0.4) is 0 Å². The Hall–Kier alpha value is -2.73. The van der Waals surface area contributed by atoms with Crippen LogP contribution in [-0.4, -0.2) is 48.8 Å². The molecule has 1 aromatic heterocycles. The third-order valence-corrected chi connectivity index (χ3v) is 5.15. The van der Waals surface area contributed by atoms with E-state index in [1.165, 1.54) is 10.3 Å². The first-order chi connectivity index (χ1) is 13.2. The summed E-state index contributed by atoms with van der Waals surface area (Å²) in [5.74, 6) is 0.274. The van der Waals surface area contributed by atoms with Crippen molar-refractivity contribution in [3.63, 3.8) is 0 Å². The fourth-order valence-corrected chi connectivity index (χ4v) is 3.58. The van der Waals surface area contributed by atoms with E-state index in [2.05, 4.69) is 40.1 Å². The lowest BCUT2D eigenvalue weighted by atomic mass is 10.2. The van der Waals surface area contributed by atoms with Crippen molar-refractivity contribution < 1.29 is 9.15 Å². The molecule has 0 aliphatic carbocycles. The van der Waals surface area contributed by atoms with Gasteiger partial charge in [-0.1, -0.05) is 24.3 Å². The molecule has 0 spiro atoms. The van der Waals surface area contributed by atoms with Crippen LogP contribution >= 0.6 is 0 Å². The summed E-state index contributed by atoms with van der Waals surface area (Å²) in [5, 5.41) is 0. The molecule has 2 aromatic carbocycles.